The molecule has 6 heteroatoms. The number of hydrogen-bond acceptors (Lipinski definition) is 2. The van der Waals surface area contributed by atoms with Gasteiger partial charge in [-0.25, -0.2) is 0 Å². The number of aliphatic carboxylic acids is 1. The van der Waals surface area contributed by atoms with Crippen LogP contribution < -0.4 is 0 Å². The first-order chi connectivity index (χ1) is 6.50. The molecule has 0 aliphatic heterocycles. The van der Waals surface area contributed by atoms with Gasteiger partial charge in [0.05, 0.1) is 20.8 Å². The third-order valence-electron chi connectivity index (χ3n) is 1.41. The van der Waals surface area contributed by atoms with Crippen molar-refractivity contribution in [2.45, 2.75) is 4.90 Å². The highest BCUT2D eigenvalue weighted by atomic mass is 35.5. The first kappa shape index (κ1) is 11.5. The molecule has 1 N–H and O–H groups in total. The quantitative estimate of drug-likeness (QED) is 0.898. The topological polar surface area (TPSA) is 54.4 Å². The molecule has 0 aliphatic carbocycles. The number of hydrogen-bond donors (Lipinski definition) is 1. The SMILES string of the molecule is O=C(O)CS(=O)c1ccc(Cl)c(Cl)c1. The summed E-state index contributed by atoms with van der Waals surface area (Å²) in [5.74, 6) is -1.55. The molecule has 1 rings (SSSR count). The van der Waals surface area contributed by atoms with Gasteiger partial charge in [-0.1, -0.05) is 23.2 Å². The lowest BCUT2D eigenvalue weighted by Crippen LogP contribution is -2.08. The summed E-state index contributed by atoms with van der Waals surface area (Å²) >= 11 is 11.3. The molecule has 14 heavy (non-hydrogen) atoms. The number of benzene rings is 1. The highest BCUT2D eigenvalue weighted by Crippen LogP contribution is 2.24. The van der Waals surface area contributed by atoms with Crippen molar-refractivity contribution in [3.05, 3.63) is 28.2 Å². The average molecular weight is 253 g/mol. The van der Waals surface area contributed by atoms with Gasteiger partial charge in [0, 0.05) is 4.90 Å². The van der Waals surface area contributed by atoms with E-state index in [2.05, 4.69) is 0 Å². The van der Waals surface area contributed by atoms with Gasteiger partial charge in [-0.05, 0) is 18.2 Å². The van der Waals surface area contributed by atoms with Crippen LogP contribution >= 0.6 is 23.2 Å². The largest absolute Gasteiger partial charge is 0.481 e. The zero-order chi connectivity index (χ0) is 10.7. The van der Waals surface area contributed by atoms with E-state index in [0.29, 0.717) is 9.92 Å². The van der Waals surface area contributed by atoms with Gasteiger partial charge in [0.25, 0.3) is 0 Å². The maximum absolute atomic E-state index is 11.3. The van der Waals surface area contributed by atoms with E-state index in [1.807, 2.05) is 0 Å². The van der Waals surface area contributed by atoms with Gasteiger partial charge in [0.15, 0.2) is 0 Å². The summed E-state index contributed by atoms with van der Waals surface area (Å²) in [5, 5.41) is 9.03. The van der Waals surface area contributed by atoms with Crippen LogP contribution in [0, 0.1) is 0 Å². The van der Waals surface area contributed by atoms with Crippen molar-refractivity contribution in [3.63, 3.8) is 0 Å². The Balaban J connectivity index is 2.91. The molecule has 76 valence electrons. The Morgan fingerprint density at radius 2 is 2.00 bits per heavy atom. The van der Waals surface area contributed by atoms with Crippen molar-refractivity contribution < 1.29 is 14.1 Å². The predicted octanol–water partition coefficient (Wildman–Crippen LogP) is 2.19. The molecular weight excluding hydrogens is 247 g/mol. The second-order valence-corrected chi connectivity index (χ2v) is 4.73. The van der Waals surface area contributed by atoms with Crippen LogP contribution in [0.1, 0.15) is 0 Å². The predicted molar refractivity (Wildman–Crippen MR) is 55.4 cm³/mol. The molecule has 1 aromatic carbocycles. The molecule has 1 aromatic rings. The van der Waals surface area contributed by atoms with Crippen LogP contribution in [0.2, 0.25) is 10.0 Å². The molecule has 1 atom stereocenters. The number of carboxylic acids is 1. The number of rotatable bonds is 3. The highest BCUT2D eigenvalue weighted by Gasteiger charge is 2.10. The summed E-state index contributed by atoms with van der Waals surface area (Å²) in [6.07, 6.45) is 0. The monoisotopic (exact) mass is 252 g/mol. The molecule has 0 saturated heterocycles. The van der Waals surface area contributed by atoms with Gasteiger partial charge in [-0.15, -0.1) is 0 Å². The van der Waals surface area contributed by atoms with Crippen molar-refractivity contribution >= 4 is 40.0 Å². The zero-order valence-corrected chi connectivity index (χ0v) is 9.20. The van der Waals surface area contributed by atoms with Crippen LogP contribution in [0.25, 0.3) is 0 Å². The Kier molecular flexibility index (Phi) is 3.92. The molecule has 0 spiro atoms. The Bertz CT molecular complexity index is 392. The summed E-state index contributed by atoms with van der Waals surface area (Å²) in [6, 6.07) is 4.38. The smallest absolute Gasteiger partial charge is 0.316 e. The fraction of sp³-hybridized carbons (Fsp3) is 0.125. The van der Waals surface area contributed by atoms with E-state index in [4.69, 9.17) is 28.3 Å². The third kappa shape index (κ3) is 2.97. The van der Waals surface area contributed by atoms with Crippen molar-refractivity contribution in [1.29, 1.82) is 0 Å². The lowest BCUT2D eigenvalue weighted by atomic mass is 10.4. The fourth-order valence-corrected chi connectivity index (χ4v) is 2.04. The first-order valence-corrected chi connectivity index (χ1v) is 5.63. The fourth-order valence-electron chi connectivity index (χ4n) is 0.814. The molecule has 0 saturated carbocycles. The zero-order valence-electron chi connectivity index (χ0n) is 6.87. The Hall–Kier alpha value is -0.580. The van der Waals surface area contributed by atoms with Gasteiger partial charge in [-0.3, -0.25) is 9.00 Å². The molecule has 0 bridgehead atoms. The first-order valence-electron chi connectivity index (χ1n) is 3.56. The maximum atomic E-state index is 11.3. The summed E-state index contributed by atoms with van der Waals surface area (Å²) in [7, 11) is -1.57. The summed E-state index contributed by atoms with van der Waals surface area (Å²) in [6.45, 7) is 0. The van der Waals surface area contributed by atoms with Crippen LogP contribution in [0.15, 0.2) is 23.1 Å². The van der Waals surface area contributed by atoms with Gasteiger partial charge in [0.2, 0.25) is 0 Å². The molecular formula is C8H6Cl2O3S. The van der Waals surface area contributed by atoms with Gasteiger partial charge < -0.3 is 5.11 Å². The second kappa shape index (κ2) is 4.77. The van der Waals surface area contributed by atoms with E-state index in [9.17, 15) is 9.00 Å². The van der Waals surface area contributed by atoms with Crippen molar-refractivity contribution in [3.8, 4) is 0 Å². The van der Waals surface area contributed by atoms with E-state index in [-0.39, 0.29) is 5.02 Å². The van der Waals surface area contributed by atoms with E-state index in [0.717, 1.165) is 0 Å². The lowest BCUT2D eigenvalue weighted by molar-refractivity contribution is -0.133. The van der Waals surface area contributed by atoms with Crippen LogP contribution in [-0.2, 0) is 15.6 Å². The molecule has 0 aliphatic rings. The standard InChI is InChI=1S/C8H6Cl2O3S/c9-6-2-1-5(3-7(6)10)14(13)4-8(11)12/h1-3H,4H2,(H,11,12). The normalized spacial score (nSPS) is 12.4. The van der Waals surface area contributed by atoms with Gasteiger partial charge in [0.1, 0.15) is 5.75 Å². The minimum absolute atomic E-state index is 0.267. The summed E-state index contributed by atoms with van der Waals surface area (Å²) in [4.78, 5) is 10.6. The van der Waals surface area contributed by atoms with Crippen LogP contribution in [0.3, 0.4) is 0 Å². The molecule has 1 unspecified atom stereocenters. The number of carboxylic acid groups (broad SMARTS) is 1. The molecule has 3 nitrogen and oxygen atoms in total. The van der Waals surface area contributed by atoms with Crippen LogP contribution in [-0.4, -0.2) is 21.0 Å². The summed E-state index contributed by atoms with van der Waals surface area (Å²) < 4.78 is 11.3. The Labute approximate surface area is 93.1 Å². The van der Waals surface area contributed by atoms with E-state index >= 15 is 0 Å². The number of halogens is 2. The van der Waals surface area contributed by atoms with Crippen LogP contribution in [0.4, 0.5) is 0 Å². The lowest BCUT2D eigenvalue weighted by Gasteiger charge is -2.00. The Morgan fingerprint density at radius 1 is 1.36 bits per heavy atom. The van der Waals surface area contributed by atoms with Crippen molar-refractivity contribution in [1.82, 2.24) is 0 Å². The number of carbonyl (C=O) groups is 1. The minimum Gasteiger partial charge on any atom is -0.481 e. The average Bonchev–Trinajstić information content (AvgIpc) is 2.08. The molecule has 0 fully saturated rings. The van der Waals surface area contributed by atoms with Crippen molar-refractivity contribution in [2.75, 3.05) is 5.75 Å². The second-order valence-electron chi connectivity index (χ2n) is 2.46. The van der Waals surface area contributed by atoms with Gasteiger partial charge in [-0.2, -0.15) is 0 Å². The minimum atomic E-state index is -1.57. The van der Waals surface area contributed by atoms with Gasteiger partial charge >= 0.3 is 5.97 Å². The Morgan fingerprint density at radius 3 is 2.50 bits per heavy atom. The molecule has 0 amide bonds. The van der Waals surface area contributed by atoms with E-state index in [1.165, 1.54) is 18.2 Å². The van der Waals surface area contributed by atoms with E-state index in [1.54, 1.807) is 0 Å². The molecule has 0 aromatic heterocycles. The molecule has 0 heterocycles. The van der Waals surface area contributed by atoms with E-state index < -0.39 is 22.5 Å². The summed E-state index contributed by atoms with van der Waals surface area (Å²) in [5.41, 5.74) is 0. The van der Waals surface area contributed by atoms with Crippen LogP contribution in [0.5, 0.6) is 0 Å². The van der Waals surface area contributed by atoms with Crippen molar-refractivity contribution in [2.24, 2.45) is 0 Å². The highest BCUT2D eigenvalue weighted by molar-refractivity contribution is 7.85. The molecule has 0 radical (unpaired) electrons. The third-order valence-corrected chi connectivity index (χ3v) is 3.44. The maximum Gasteiger partial charge on any atom is 0.316 e.